The summed E-state index contributed by atoms with van der Waals surface area (Å²) in [6.45, 7) is 3.51. The molecule has 150 valence electrons. The highest BCUT2D eigenvalue weighted by atomic mass is 35.5. The van der Waals surface area contributed by atoms with Crippen LogP contribution < -0.4 is 15.1 Å². The molecule has 2 aromatic rings. The molecule has 0 atom stereocenters. The molecule has 0 radical (unpaired) electrons. The first-order chi connectivity index (χ1) is 13.4. The van der Waals surface area contributed by atoms with Crippen molar-refractivity contribution < 1.29 is 18.9 Å². The second-order valence-electron chi connectivity index (χ2n) is 6.27. The number of rotatable bonds is 6. The lowest BCUT2D eigenvalue weighted by Gasteiger charge is -2.26. The quantitative estimate of drug-likeness (QED) is 0.682. The van der Waals surface area contributed by atoms with Crippen LogP contribution in [-0.4, -0.2) is 60.2 Å². The Morgan fingerprint density at radius 1 is 1.25 bits per heavy atom. The zero-order valence-electron chi connectivity index (χ0n) is 15.2. The molecule has 8 nitrogen and oxygen atoms in total. The van der Waals surface area contributed by atoms with Gasteiger partial charge in [-0.2, -0.15) is 5.01 Å². The summed E-state index contributed by atoms with van der Waals surface area (Å²) in [6.07, 6.45) is 1.76. The molecule has 1 amide bonds. The summed E-state index contributed by atoms with van der Waals surface area (Å²) < 4.78 is 5.16. The first-order valence-corrected chi connectivity index (χ1v) is 10.4. The van der Waals surface area contributed by atoms with Gasteiger partial charge in [0.15, 0.2) is 0 Å². The van der Waals surface area contributed by atoms with Crippen LogP contribution in [0, 0.1) is 0 Å². The SMILES string of the molecule is CN1CCN([n+]2cc(NC(=O)CCSC(=O)c3c(Cl)cccc3Cl)on2)CC1. The highest BCUT2D eigenvalue weighted by Gasteiger charge is 2.25. The minimum Gasteiger partial charge on any atom is -0.302 e. The van der Waals surface area contributed by atoms with Gasteiger partial charge in [-0.3, -0.25) is 19.4 Å². The van der Waals surface area contributed by atoms with Gasteiger partial charge in [0.1, 0.15) is 0 Å². The van der Waals surface area contributed by atoms with E-state index in [1.54, 1.807) is 29.2 Å². The minimum absolute atomic E-state index is 0.133. The van der Waals surface area contributed by atoms with Crippen molar-refractivity contribution in [2.75, 3.05) is 49.3 Å². The van der Waals surface area contributed by atoms with E-state index >= 15 is 0 Å². The molecular formula is C17H20Cl2N5O3S+. The fraction of sp³-hybridized carbons (Fsp3) is 0.412. The highest BCUT2D eigenvalue weighted by Crippen LogP contribution is 2.28. The van der Waals surface area contributed by atoms with Crippen LogP contribution >= 0.6 is 35.0 Å². The molecule has 1 aromatic heterocycles. The number of nitrogens with zero attached hydrogens (tertiary/aromatic N) is 4. The number of carbonyl (C=O) groups is 2. The van der Waals surface area contributed by atoms with Gasteiger partial charge in [0.2, 0.25) is 16.3 Å². The maximum absolute atomic E-state index is 12.2. The number of hydrogen-bond donors (Lipinski definition) is 1. The summed E-state index contributed by atoms with van der Waals surface area (Å²) in [5.74, 6) is 0.278. The Hall–Kier alpha value is -1.81. The highest BCUT2D eigenvalue weighted by molar-refractivity contribution is 8.14. The number of likely N-dealkylation sites (N-methyl/N-ethyl adjacent to an activating group) is 1. The van der Waals surface area contributed by atoms with Crippen molar-refractivity contribution in [2.45, 2.75) is 6.42 Å². The number of carbonyl (C=O) groups excluding carboxylic acids is 2. The van der Waals surface area contributed by atoms with E-state index in [1.807, 2.05) is 5.01 Å². The first kappa shape index (κ1) is 20.9. The standard InChI is InChI=1S/C17H19Cl2N5O3S/c1-22-6-8-23(9-7-22)24-11-15(27-21-24)20-14(25)5-10-28-17(26)16-12(18)3-2-4-13(16)19/h2-4,11H,5-10H2,1H3/p+1. The summed E-state index contributed by atoms with van der Waals surface area (Å²) in [5.41, 5.74) is 0.264. The molecule has 28 heavy (non-hydrogen) atoms. The number of aromatic nitrogens is 2. The largest absolute Gasteiger partial charge is 0.305 e. The summed E-state index contributed by atoms with van der Waals surface area (Å²) in [4.78, 5) is 28.2. The van der Waals surface area contributed by atoms with Gasteiger partial charge in [0.05, 0.1) is 33.5 Å². The van der Waals surface area contributed by atoms with Crippen molar-refractivity contribution >= 4 is 51.9 Å². The normalized spacial score (nSPS) is 14.9. The molecule has 1 N–H and O–H groups in total. The molecule has 1 aliphatic rings. The molecule has 2 heterocycles. The van der Waals surface area contributed by atoms with E-state index in [-0.39, 0.29) is 28.9 Å². The molecular weight excluding hydrogens is 425 g/mol. The maximum Gasteiger partial charge on any atom is 0.305 e. The summed E-state index contributed by atoms with van der Waals surface area (Å²) >= 11 is 13.0. The Balaban J connectivity index is 1.45. The summed E-state index contributed by atoms with van der Waals surface area (Å²) in [6, 6.07) is 4.88. The Kier molecular flexibility index (Phi) is 7.17. The lowest BCUT2D eigenvalue weighted by molar-refractivity contribution is -0.759. The Bertz CT molecular complexity index is 835. The predicted molar refractivity (Wildman–Crippen MR) is 109 cm³/mol. The molecule has 0 saturated carbocycles. The molecule has 1 saturated heterocycles. The third kappa shape index (κ3) is 5.38. The number of nitrogens with one attached hydrogen (secondary N) is 1. The molecule has 0 spiro atoms. The lowest BCUT2D eigenvalue weighted by atomic mass is 10.2. The van der Waals surface area contributed by atoms with E-state index in [4.69, 9.17) is 27.7 Å². The van der Waals surface area contributed by atoms with Gasteiger partial charge in [-0.25, -0.2) is 0 Å². The van der Waals surface area contributed by atoms with Gasteiger partial charge in [-0.1, -0.05) is 41.0 Å². The number of anilines is 1. The van der Waals surface area contributed by atoms with Gasteiger partial charge >= 0.3 is 5.88 Å². The molecule has 1 aliphatic heterocycles. The van der Waals surface area contributed by atoms with Crippen molar-refractivity contribution in [3.63, 3.8) is 0 Å². The number of hydrogen-bond acceptors (Lipinski definition) is 7. The monoisotopic (exact) mass is 444 g/mol. The van der Waals surface area contributed by atoms with Crippen molar-refractivity contribution in [3.8, 4) is 0 Å². The van der Waals surface area contributed by atoms with E-state index < -0.39 is 0 Å². The van der Waals surface area contributed by atoms with Crippen LogP contribution in [0.5, 0.6) is 0 Å². The Morgan fingerprint density at radius 3 is 2.61 bits per heavy atom. The minimum atomic E-state index is -0.271. The molecule has 1 fully saturated rings. The smallest absolute Gasteiger partial charge is 0.302 e. The van der Waals surface area contributed by atoms with Gasteiger partial charge in [0.25, 0.3) is 6.20 Å². The third-order valence-electron chi connectivity index (χ3n) is 4.22. The van der Waals surface area contributed by atoms with Gasteiger partial charge < -0.3 is 4.90 Å². The summed E-state index contributed by atoms with van der Waals surface area (Å²) in [7, 11) is 2.07. The Morgan fingerprint density at radius 2 is 1.93 bits per heavy atom. The van der Waals surface area contributed by atoms with E-state index in [0.29, 0.717) is 15.8 Å². The van der Waals surface area contributed by atoms with Crippen LogP contribution in [0.1, 0.15) is 16.8 Å². The van der Waals surface area contributed by atoms with Crippen LogP contribution in [0.3, 0.4) is 0 Å². The fourth-order valence-corrected chi connectivity index (χ4v) is 4.15. The average molecular weight is 445 g/mol. The van der Waals surface area contributed by atoms with Crippen LogP contribution in [0.2, 0.25) is 10.0 Å². The zero-order chi connectivity index (χ0) is 20.1. The molecule has 0 aliphatic carbocycles. The number of amides is 1. The van der Waals surface area contributed by atoms with Gasteiger partial charge in [0, 0.05) is 25.3 Å². The lowest BCUT2D eigenvalue weighted by Crippen LogP contribution is -2.64. The molecule has 3 rings (SSSR count). The van der Waals surface area contributed by atoms with Gasteiger partial charge in [-0.05, 0) is 19.2 Å². The molecule has 0 unspecified atom stereocenters. The second-order valence-corrected chi connectivity index (χ2v) is 8.16. The van der Waals surface area contributed by atoms with Crippen LogP contribution in [0.15, 0.2) is 28.9 Å². The van der Waals surface area contributed by atoms with Crippen LogP contribution in [-0.2, 0) is 4.79 Å². The van der Waals surface area contributed by atoms with Crippen molar-refractivity contribution in [2.24, 2.45) is 0 Å². The number of benzene rings is 1. The van der Waals surface area contributed by atoms with Crippen LogP contribution in [0.4, 0.5) is 5.88 Å². The molecule has 11 heteroatoms. The second kappa shape index (κ2) is 9.60. The average Bonchev–Trinajstić information content (AvgIpc) is 3.10. The van der Waals surface area contributed by atoms with E-state index in [2.05, 4.69) is 22.5 Å². The third-order valence-corrected chi connectivity index (χ3v) is 5.72. The molecule has 1 aromatic carbocycles. The zero-order valence-corrected chi connectivity index (χ0v) is 17.6. The van der Waals surface area contributed by atoms with E-state index in [1.165, 1.54) is 0 Å². The number of piperazine rings is 1. The fourth-order valence-electron chi connectivity index (χ4n) is 2.63. The predicted octanol–water partition coefficient (Wildman–Crippen LogP) is 2.05. The van der Waals surface area contributed by atoms with Crippen molar-refractivity contribution in [1.29, 1.82) is 0 Å². The topological polar surface area (TPSA) is 82.6 Å². The van der Waals surface area contributed by atoms with Crippen LogP contribution in [0.25, 0.3) is 0 Å². The van der Waals surface area contributed by atoms with E-state index in [9.17, 15) is 9.59 Å². The Labute approximate surface area is 176 Å². The van der Waals surface area contributed by atoms with Crippen molar-refractivity contribution in [3.05, 3.63) is 40.0 Å². The van der Waals surface area contributed by atoms with Gasteiger partial charge in [-0.15, -0.1) is 0 Å². The maximum atomic E-state index is 12.2. The number of thioether (sulfide) groups is 1. The molecule has 0 bridgehead atoms. The first-order valence-electron chi connectivity index (χ1n) is 8.67. The van der Waals surface area contributed by atoms with Crippen molar-refractivity contribution in [1.82, 2.24) is 10.2 Å². The van der Waals surface area contributed by atoms with E-state index in [0.717, 1.165) is 37.9 Å². The summed E-state index contributed by atoms with van der Waals surface area (Å²) in [5, 5.41) is 8.93. The number of halogens is 2.